The molecule has 0 spiro atoms. The number of nitrogens with one attached hydrogen (secondary N) is 4. The fourth-order valence-corrected chi connectivity index (χ4v) is 10.5. The molecule has 5 N–H and O–H groups in total. The Labute approximate surface area is 460 Å². The third kappa shape index (κ3) is 16.1. The molecule has 1 heterocycles. The van der Waals surface area contributed by atoms with Crippen LogP contribution in [0.25, 0.3) is 11.1 Å². The summed E-state index contributed by atoms with van der Waals surface area (Å²) in [6.07, 6.45) is 6.51. The van der Waals surface area contributed by atoms with E-state index in [-0.39, 0.29) is 69.0 Å². The topological polar surface area (TPSA) is 188 Å². The number of amides is 5. The van der Waals surface area contributed by atoms with Gasteiger partial charge in [-0.1, -0.05) is 141 Å². The van der Waals surface area contributed by atoms with E-state index in [1.807, 2.05) is 115 Å². The molecule has 4 atom stereocenters. The second-order valence-electron chi connectivity index (χ2n) is 20.1. The summed E-state index contributed by atoms with van der Waals surface area (Å²) >= 11 is 0. The van der Waals surface area contributed by atoms with Crippen LogP contribution >= 0.6 is 0 Å². The summed E-state index contributed by atoms with van der Waals surface area (Å²) in [5, 5.41) is 22.1. The van der Waals surface area contributed by atoms with E-state index >= 15 is 0 Å². The van der Waals surface area contributed by atoms with Crippen LogP contribution in [0.5, 0.6) is 11.5 Å². The monoisotopic (exact) mass is 1060 g/mol. The summed E-state index contributed by atoms with van der Waals surface area (Å²) in [5.74, 6) is -1.31. The van der Waals surface area contributed by atoms with Crippen LogP contribution in [0.15, 0.2) is 140 Å². The first-order chi connectivity index (χ1) is 38.0. The first-order valence-electron chi connectivity index (χ1n) is 27.6. The standard InChI is InChI=1S/C63H78N6O9/c1-5-53(45-19-10-6-11-20-45)56(48-28-32-51(70)33-29-48)49-30-34-52(35-31-49)78-40-38-68(4)55(71)43-77-42-41-76-39-36-65-62(74)59(57(46-21-12-7-13-22-46)47-23-14-8-15-24-47)67-61(73)54-27-18-37-69(54)63(75)58(50-25-16-9-17-26-50)66-60(72)44(2)64-3/h6-8,10-15,19-24,28-35,44,50,54,57-59,64,70H,5,9,16-18,25-27,36-43H2,1-4H3,(H,65,74)(H,66,72)(H,67,73)/b56-53-/t44-,54-,58-,59-/m0/s1. The number of benzene rings is 5. The predicted molar refractivity (Wildman–Crippen MR) is 303 cm³/mol. The minimum absolute atomic E-state index is 0.0354. The van der Waals surface area contributed by atoms with Crippen molar-refractivity contribution in [3.63, 3.8) is 0 Å². The van der Waals surface area contributed by atoms with Crippen LogP contribution in [0.1, 0.15) is 98.9 Å². The van der Waals surface area contributed by atoms with Gasteiger partial charge in [-0.2, -0.15) is 0 Å². The van der Waals surface area contributed by atoms with Crippen molar-refractivity contribution in [3.05, 3.63) is 167 Å². The second-order valence-corrected chi connectivity index (χ2v) is 20.1. The third-order valence-corrected chi connectivity index (χ3v) is 14.9. The van der Waals surface area contributed by atoms with Gasteiger partial charge < -0.3 is 50.4 Å². The normalized spacial score (nSPS) is 16.1. The van der Waals surface area contributed by atoms with Crippen LogP contribution in [0.2, 0.25) is 0 Å². The third-order valence-electron chi connectivity index (χ3n) is 14.9. The molecular formula is C63H78N6O9. The van der Waals surface area contributed by atoms with E-state index in [0.29, 0.717) is 31.7 Å². The zero-order valence-corrected chi connectivity index (χ0v) is 45.7. The number of likely N-dealkylation sites (N-methyl/N-ethyl adjacent to an activating group) is 2. The molecule has 2 aliphatic rings. The maximum Gasteiger partial charge on any atom is 0.248 e. The molecule has 0 unspecified atom stereocenters. The van der Waals surface area contributed by atoms with Gasteiger partial charge in [0, 0.05) is 26.1 Å². The number of phenols is 1. The highest BCUT2D eigenvalue weighted by atomic mass is 16.5. The van der Waals surface area contributed by atoms with E-state index in [4.69, 9.17) is 14.2 Å². The molecule has 5 amide bonds. The van der Waals surface area contributed by atoms with Gasteiger partial charge in [0.2, 0.25) is 29.5 Å². The highest BCUT2D eigenvalue weighted by Crippen LogP contribution is 2.36. The van der Waals surface area contributed by atoms with Crippen molar-refractivity contribution < 1.29 is 43.3 Å². The van der Waals surface area contributed by atoms with E-state index in [2.05, 4.69) is 40.3 Å². The number of aromatic hydroxyl groups is 1. The fraction of sp³-hybridized carbons (Fsp3) is 0.413. The Morgan fingerprint density at radius 1 is 0.679 bits per heavy atom. The first-order valence-corrected chi connectivity index (χ1v) is 27.6. The Morgan fingerprint density at radius 2 is 1.28 bits per heavy atom. The number of ether oxygens (including phenoxy) is 3. The lowest BCUT2D eigenvalue weighted by Crippen LogP contribution is -2.59. The summed E-state index contributed by atoms with van der Waals surface area (Å²) in [6.45, 7) is 5.36. The van der Waals surface area contributed by atoms with Crippen molar-refractivity contribution in [2.24, 2.45) is 5.92 Å². The van der Waals surface area contributed by atoms with Crippen LogP contribution in [0.3, 0.4) is 0 Å². The lowest BCUT2D eigenvalue weighted by molar-refractivity contribution is -0.143. The molecule has 5 aromatic rings. The zero-order chi connectivity index (χ0) is 55.2. The van der Waals surface area contributed by atoms with E-state index in [0.717, 1.165) is 71.9 Å². The number of likely N-dealkylation sites (tertiary alicyclic amines) is 1. The first kappa shape index (κ1) is 58.4. The zero-order valence-electron chi connectivity index (χ0n) is 45.7. The molecule has 0 aromatic heterocycles. The van der Waals surface area contributed by atoms with Crippen LogP contribution in [-0.2, 0) is 33.4 Å². The Bertz CT molecular complexity index is 2680. The predicted octanol–water partition coefficient (Wildman–Crippen LogP) is 7.73. The number of hydrogen-bond donors (Lipinski definition) is 5. The van der Waals surface area contributed by atoms with Gasteiger partial charge in [0.05, 0.1) is 32.4 Å². The van der Waals surface area contributed by atoms with Crippen molar-refractivity contribution in [3.8, 4) is 11.5 Å². The molecule has 1 aliphatic heterocycles. The largest absolute Gasteiger partial charge is 0.508 e. The molecule has 2 fully saturated rings. The minimum atomic E-state index is -1.06. The maximum absolute atomic E-state index is 14.6. The lowest BCUT2D eigenvalue weighted by atomic mass is 9.83. The maximum atomic E-state index is 14.6. The average molecular weight is 1060 g/mol. The number of phenolic OH excluding ortho intramolecular Hbond substituents is 1. The van der Waals surface area contributed by atoms with Gasteiger partial charge in [-0.05, 0) is 115 Å². The van der Waals surface area contributed by atoms with Crippen LogP contribution in [0, 0.1) is 5.92 Å². The van der Waals surface area contributed by atoms with Crippen molar-refractivity contribution >= 4 is 40.7 Å². The molecule has 5 aromatic carbocycles. The molecule has 1 aliphatic carbocycles. The Balaban J connectivity index is 0.892. The fourth-order valence-electron chi connectivity index (χ4n) is 10.5. The van der Waals surface area contributed by atoms with Crippen molar-refractivity contribution in [2.75, 3.05) is 66.8 Å². The summed E-state index contributed by atoms with van der Waals surface area (Å²) in [4.78, 5) is 72.8. The summed E-state index contributed by atoms with van der Waals surface area (Å²) in [7, 11) is 3.40. The van der Waals surface area contributed by atoms with Crippen molar-refractivity contribution in [1.29, 1.82) is 0 Å². The van der Waals surface area contributed by atoms with Gasteiger partial charge in [0.1, 0.15) is 42.8 Å². The quantitative estimate of drug-likeness (QED) is 0.0257. The van der Waals surface area contributed by atoms with E-state index in [1.54, 1.807) is 43.0 Å². The smallest absolute Gasteiger partial charge is 0.248 e. The van der Waals surface area contributed by atoms with Gasteiger partial charge in [-0.3, -0.25) is 24.0 Å². The van der Waals surface area contributed by atoms with Crippen LogP contribution < -0.4 is 26.0 Å². The number of hydrogen-bond acceptors (Lipinski definition) is 10. The molecular weight excluding hydrogens is 985 g/mol. The molecule has 1 saturated heterocycles. The molecule has 0 bridgehead atoms. The lowest BCUT2D eigenvalue weighted by Gasteiger charge is -2.36. The molecule has 1 saturated carbocycles. The molecule has 7 rings (SSSR count). The Kier molecular flexibility index (Phi) is 22.4. The molecule has 0 radical (unpaired) electrons. The molecule has 15 heteroatoms. The number of carbonyl (C=O) groups excluding carboxylic acids is 5. The number of nitrogens with zero attached hydrogens (tertiary/aromatic N) is 2. The van der Waals surface area contributed by atoms with Gasteiger partial charge in [-0.15, -0.1) is 0 Å². The Hall–Kier alpha value is -7.33. The highest BCUT2D eigenvalue weighted by molar-refractivity contribution is 5.99. The van der Waals surface area contributed by atoms with Crippen molar-refractivity contribution in [1.82, 2.24) is 31.1 Å². The van der Waals surface area contributed by atoms with Gasteiger partial charge in [-0.25, -0.2) is 0 Å². The average Bonchev–Trinajstić information content (AvgIpc) is 4.03. The Morgan fingerprint density at radius 3 is 1.90 bits per heavy atom. The number of rotatable bonds is 27. The van der Waals surface area contributed by atoms with Gasteiger partial charge in [0.15, 0.2) is 0 Å². The summed E-state index contributed by atoms with van der Waals surface area (Å²) in [5.41, 5.74) is 7.06. The number of allylic oxidation sites excluding steroid dienone is 1. The molecule has 78 heavy (non-hydrogen) atoms. The summed E-state index contributed by atoms with van der Waals surface area (Å²) in [6, 6.07) is 41.4. The second kappa shape index (κ2) is 30.0. The molecule has 15 nitrogen and oxygen atoms in total. The van der Waals surface area contributed by atoms with E-state index in [1.165, 1.54) is 5.57 Å². The van der Waals surface area contributed by atoms with Crippen LogP contribution in [0.4, 0.5) is 0 Å². The minimum Gasteiger partial charge on any atom is -0.508 e. The van der Waals surface area contributed by atoms with Crippen molar-refractivity contribution in [2.45, 2.75) is 95.3 Å². The van der Waals surface area contributed by atoms with E-state index < -0.39 is 41.9 Å². The molecule has 414 valence electrons. The van der Waals surface area contributed by atoms with E-state index in [9.17, 15) is 29.1 Å². The van der Waals surface area contributed by atoms with Crippen LogP contribution in [-0.4, -0.2) is 135 Å². The SMILES string of the molecule is CC/C(=C(\c1ccc(O)cc1)c1ccc(OCCN(C)C(=O)COCCOCCNC(=O)[C@@H](NC(=O)[C@@H]2CCCN2C(=O)[C@@H](NC(=O)[C@H](C)NC)C2CCCCC2)C(c2ccccc2)c2ccccc2)cc1)c1ccccc1. The number of carbonyl (C=O) groups is 5. The van der Waals surface area contributed by atoms with Gasteiger partial charge in [0.25, 0.3) is 0 Å². The summed E-state index contributed by atoms with van der Waals surface area (Å²) < 4.78 is 17.5. The highest BCUT2D eigenvalue weighted by Gasteiger charge is 2.43. The van der Waals surface area contributed by atoms with Gasteiger partial charge >= 0.3 is 0 Å².